The van der Waals surface area contributed by atoms with Crippen LogP contribution in [0.5, 0.6) is 11.5 Å². The van der Waals surface area contributed by atoms with E-state index in [1.165, 1.54) is 22.8 Å². The SMILES string of the molecule is C=CC(=O)N1CCN(c2nc(=O)n(-c3c(C)ccnc3C(C)C)c3nc(-c4c(F)ccc5c4OCO5)c(Cl)cc23)[C@@H](C)C1. The minimum absolute atomic E-state index is 0.0285. The van der Waals surface area contributed by atoms with Crippen molar-refractivity contribution in [1.29, 1.82) is 0 Å². The number of anilines is 1. The minimum Gasteiger partial charge on any atom is -0.454 e. The second-order valence-electron chi connectivity index (χ2n) is 10.9. The van der Waals surface area contributed by atoms with Crippen LogP contribution in [0.2, 0.25) is 5.02 Å². The van der Waals surface area contributed by atoms with Crippen LogP contribution in [0.1, 0.15) is 37.9 Å². The number of amides is 1. The van der Waals surface area contributed by atoms with Crippen LogP contribution in [-0.2, 0) is 4.79 Å². The summed E-state index contributed by atoms with van der Waals surface area (Å²) in [4.78, 5) is 44.1. The van der Waals surface area contributed by atoms with Gasteiger partial charge in [-0.2, -0.15) is 4.98 Å². The quantitative estimate of drug-likeness (QED) is 0.293. The maximum Gasteiger partial charge on any atom is 0.355 e. The van der Waals surface area contributed by atoms with Crippen molar-refractivity contribution in [1.82, 2.24) is 24.4 Å². The van der Waals surface area contributed by atoms with E-state index in [1.54, 1.807) is 17.2 Å². The van der Waals surface area contributed by atoms with E-state index in [0.717, 1.165) is 5.56 Å². The molecule has 0 radical (unpaired) electrons. The molecule has 1 aromatic carbocycles. The van der Waals surface area contributed by atoms with Gasteiger partial charge in [-0.3, -0.25) is 9.78 Å². The van der Waals surface area contributed by atoms with Crippen molar-refractivity contribution in [2.45, 2.75) is 39.7 Å². The summed E-state index contributed by atoms with van der Waals surface area (Å²) in [6.45, 7) is 12.6. The Morgan fingerprint density at radius 3 is 2.72 bits per heavy atom. The van der Waals surface area contributed by atoms with Gasteiger partial charge in [0.25, 0.3) is 0 Å². The highest BCUT2D eigenvalue weighted by Crippen LogP contribution is 2.45. The smallest absolute Gasteiger partial charge is 0.355 e. The summed E-state index contributed by atoms with van der Waals surface area (Å²) in [5, 5.41) is 0.635. The predicted octanol–water partition coefficient (Wildman–Crippen LogP) is 5.02. The molecule has 2 aliphatic rings. The number of pyridine rings is 2. The molecule has 5 heterocycles. The van der Waals surface area contributed by atoms with Crippen LogP contribution in [0, 0.1) is 12.7 Å². The molecule has 2 aliphatic heterocycles. The zero-order valence-corrected chi connectivity index (χ0v) is 25.0. The van der Waals surface area contributed by atoms with E-state index in [0.29, 0.717) is 48.0 Å². The number of hydrogen-bond acceptors (Lipinski definition) is 8. The second-order valence-corrected chi connectivity index (χ2v) is 11.4. The third kappa shape index (κ3) is 4.77. The lowest BCUT2D eigenvalue weighted by Crippen LogP contribution is -2.54. The van der Waals surface area contributed by atoms with Crippen molar-refractivity contribution in [3.05, 3.63) is 75.7 Å². The highest BCUT2D eigenvalue weighted by Gasteiger charge is 2.32. The van der Waals surface area contributed by atoms with E-state index in [4.69, 9.17) is 26.1 Å². The van der Waals surface area contributed by atoms with Gasteiger partial charge in [0.2, 0.25) is 12.7 Å². The molecule has 4 aromatic rings. The van der Waals surface area contributed by atoms with Gasteiger partial charge in [-0.05, 0) is 55.7 Å². The molecule has 1 atom stereocenters. The zero-order chi connectivity index (χ0) is 30.6. The van der Waals surface area contributed by atoms with Crippen molar-refractivity contribution in [2.75, 3.05) is 31.3 Å². The van der Waals surface area contributed by atoms with Crippen LogP contribution in [0.3, 0.4) is 0 Å². The van der Waals surface area contributed by atoms with Gasteiger partial charge in [0.15, 0.2) is 17.1 Å². The lowest BCUT2D eigenvalue weighted by atomic mass is 10.0. The molecule has 0 N–H and O–H groups in total. The van der Waals surface area contributed by atoms with Gasteiger partial charge < -0.3 is 19.3 Å². The molecule has 222 valence electrons. The number of fused-ring (bicyclic) bond motifs is 2. The van der Waals surface area contributed by atoms with Crippen LogP contribution in [-0.4, -0.2) is 62.8 Å². The first-order chi connectivity index (χ1) is 20.6. The molecular formula is C31H30ClFN6O4. The summed E-state index contributed by atoms with van der Waals surface area (Å²) >= 11 is 6.86. The second kappa shape index (κ2) is 11.0. The summed E-state index contributed by atoms with van der Waals surface area (Å²) in [6, 6.07) is 6.04. The lowest BCUT2D eigenvalue weighted by molar-refractivity contribution is -0.126. The number of carbonyl (C=O) groups is 1. The van der Waals surface area contributed by atoms with Gasteiger partial charge >= 0.3 is 5.69 Å². The van der Waals surface area contributed by atoms with E-state index in [9.17, 15) is 9.59 Å². The molecule has 0 saturated carbocycles. The zero-order valence-electron chi connectivity index (χ0n) is 24.2. The Hall–Kier alpha value is -4.51. The minimum atomic E-state index is -0.599. The summed E-state index contributed by atoms with van der Waals surface area (Å²) in [5.74, 6) is 0.145. The number of carbonyl (C=O) groups excluding carboxylic acids is 1. The number of piperazine rings is 1. The summed E-state index contributed by atoms with van der Waals surface area (Å²) in [6.07, 6.45) is 2.99. The van der Waals surface area contributed by atoms with Gasteiger partial charge in [-0.25, -0.2) is 18.7 Å². The Kier molecular flexibility index (Phi) is 7.29. The maximum atomic E-state index is 15.4. The molecule has 0 bridgehead atoms. The van der Waals surface area contributed by atoms with Crippen molar-refractivity contribution < 1.29 is 18.7 Å². The molecule has 10 nitrogen and oxygen atoms in total. The molecule has 0 unspecified atom stereocenters. The lowest BCUT2D eigenvalue weighted by Gasteiger charge is -2.40. The van der Waals surface area contributed by atoms with E-state index in [1.807, 2.05) is 38.7 Å². The molecular weight excluding hydrogens is 575 g/mol. The molecule has 1 amide bonds. The van der Waals surface area contributed by atoms with E-state index < -0.39 is 11.5 Å². The summed E-state index contributed by atoms with van der Waals surface area (Å²) in [7, 11) is 0. The van der Waals surface area contributed by atoms with Gasteiger partial charge in [0, 0.05) is 31.9 Å². The fraction of sp³-hybridized carbons (Fsp3) is 0.323. The van der Waals surface area contributed by atoms with Crippen LogP contribution in [0.15, 0.2) is 47.9 Å². The molecule has 3 aromatic heterocycles. The molecule has 1 saturated heterocycles. The standard InChI is InChI=1S/C31H30ClFN6O4/c1-6-23(40)37-11-12-38(18(5)14-37)29-19-13-20(32)26(24-21(33)7-8-22-28(24)43-15-42-22)35-30(19)39(31(41)36-29)27-17(4)9-10-34-25(27)16(2)3/h6-10,13,16,18H,1,11-12,14-15H2,2-5H3/t18-/m0/s1. The van der Waals surface area contributed by atoms with E-state index in [-0.39, 0.29) is 52.3 Å². The number of rotatable bonds is 5. The predicted molar refractivity (Wildman–Crippen MR) is 162 cm³/mol. The van der Waals surface area contributed by atoms with Crippen LogP contribution in [0.25, 0.3) is 28.0 Å². The first-order valence-corrected chi connectivity index (χ1v) is 14.3. The average Bonchev–Trinajstić information content (AvgIpc) is 3.46. The molecule has 1 fully saturated rings. The highest BCUT2D eigenvalue weighted by molar-refractivity contribution is 6.34. The van der Waals surface area contributed by atoms with Gasteiger partial charge in [0.05, 0.1) is 33.0 Å². The molecule has 0 aliphatic carbocycles. The fourth-order valence-electron chi connectivity index (χ4n) is 5.76. The van der Waals surface area contributed by atoms with E-state index >= 15 is 4.39 Å². The highest BCUT2D eigenvalue weighted by atomic mass is 35.5. The van der Waals surface area contributed by atoms with Gasteiger partial charge in [-0.15, -0.1) is 0 Å². The summed E-state index contributed by atoms with van der Waals surface area (Å²) < 4.78 is 28.0. The number of aromatic nitrogens is 4. The first-order valence-electron chi connectivity index (χ1n) is 14.0. The van der Waals surface area contributed by atoms with Crippen molar-refractivity contribution >= 4 is 34.4 Å². The van der Waals surface area contributed by atoms with Crippen molar-refractivity contribution in [3.63, 3.8) is 0 Å². The number of benzene rings is 1. The van der Waals surface area contributed by atoms with Crippen LogP contribution in [0.4, 0.5) is 10.2 Å². The fourth-order valence-corrected chi connectivity index (χ4v) is 6.00. The van der Waals surface area contributed by atoms with Crippen molar-refractivity contribution in [3.8, 4) is 28.4 Å². The number of nitrogens with zero attached hydrogens (tertiary/aromatic N) is 6. The number of hydrogen-bond donors (Lipinski definition) is 0. The Morgan fingerprint density at radius 1 is 1.21 bits per heavy atom. The Labute approximate surface area is 252 Å². The molecule has 6 rings (SSSR count). The first kappa shape index (κ1) is 28.6. The average molecular weight is 605 g/mol. The van der Waals surface area contributed by atoms with Crippen LogP contribution >= 0.6 is 11.6 Å². The normalized spacial score (nSPS) is 16.3. The van der Waals surface area contributed by atoms with E-state index in [2.05, 4.69) is 16.5 Å². The summed E-state index contributed by atoms with van der Waals surface area (Å²) in [5.41, 5.74) is 1.84. The number of halogens is 2. The van der Waals surface area contributed by atoms with Crippen molar-refractivity contribution in [2.24, 2.45) is 0 Å². The monoisotopic (exact) mass is 604 g/mol. The Bertz CT molecular complexity index is 1860. The van der Waals surface area contributed by atoms with Gasteiger partial charge in [0.1, 0.15) is 11.6 Å². The number of ether oxygens (including phenoxy) is 2. The molecule has 0 spiro atoms. The molecule has 12 heteroatoms. The third-order valence-electron chi connectivity index (χ3n) is 7.84. The molecule has 43 heavy (non-hydrogen) atoms. The maximum absolute atomic E-state index is 15.4. The number of aryl methyl sites for hydroxylation is 1. The van der Waals surface area contributed by atoms with Gasteiger partial charge in [-0.1, -0.05) is 32.0 Å². The third-order valence-corrected chi connectivity index (χ3v) is 8.13. The Balaban J connectivity index is 1.65. The largest absolute Gasteiger partial charge is 0.454 e. The Morgan fingerprint density at radius 2 is 2.00 bits per heavy atom. The van der Waals surface area contributed by atoms with Crippen LogP contribution < -0.4 is 20.1 Å². The topological polar surface area (TPSA) is 103 Å².